The average Bonchev–Trinajstić information content (AvgIpc) is 3.03. The lowest BCUT2D eigenvalue weighted by atomic mass is 10.2. The van der Waals surface area contributed by atoms with Crippen LogP contribution in [0.3, 0.4) is 0 Å². The van der Waals surface area contributed by atoms with Crippen molar-refractivity contribution in [3.63, 3.8) is 0 Å². The molecule has 1 amide bonds. The van der Waals surface area contributed by atoms with Crippen LogP contribution in [-0.4, -0.2) is 27.9 Å². The Bertz CT molecular complexity index is 657. The highest BCUT2D eigenvalue weighted by molar-refractivity contribution is 7.15. The molecule has 2 aromatic rings. The summed E-state index contributed by atoms with van der Waals surface area (Å²) in [6, 6.07) is 7.19. The lowest BCUT2D eigenvalue weighted by molar-refractivity contribution is 0.0692. The molecule has 2 heterocycles. The van der Waals surface area contributed by atoms with Crippen molar-refractivity contribution in [1.29, 1.82) is 0 Å². The fourth-order valence-corrected chi connectivity index (χ4v) is 3.63. The van der Waals surface area contributed by atoms with Crippen LogP contribution in [0.2, 0.25) is 0 Å². The number of aromatic carboxylic acids is 1. The minimum absolute atomic E-state index is 0.0512. The summed E-state index contributed by atoms with van der Waals surface area (Å²) in [4.78, 5) is 28.3. The Kier molecular flexibility index (Phi) is 4.80. The van der Waals surface area contributed by atoms with E-state index in [0.717, 1.165) is 16.2 Å². The first-order valence-electron chi connectivity index (χ1n) is 6.58. The van der Waals surface area contributed by atoms with Crippen molar-refractivity contribution in [2.24, 2.45) is 0 Å². The van der Waals surface area contributed by atoms with E-state index in [1.807, 2.05) is 32.9 Å². The molecule has 4 nitrogen and oxygen atoms in total. The van der Waals surface area contributed by atoms with Crippen LogP contribution < -0.4 is 0 Å². The highest BCUT2D eigenvalue weighted by Crippen LogP contribution is 2.23. The molecular formula is C15H17NO3S2. The number of thiophene rings is 2. The SMILES string of the molecule is Cc1ccc(CN(C(=O)c2ccc(C(=O)O)s2)C(C)C)s1. The third-order valence-corrected chi connectivity index (χ3v) is 5.08. The van der Waals surface area contributed by atoms with Gasteiger partial charge in [-0.05, 0) is 45.0 Å². The number of carbonyl (C=O) groups excluding carboxylic acids is 1. The molecule has 0 aromatic carbocycles. The van der Waals surface area contributed by atoms with Crippen LogP contribution in [0, 0.1) is 6.92 Å². The van der Waals surface area contributed by atoms with Gasteiger partial charge in [0.25, 0.3) is 5.91 Å². The molecular weight excluding hydrogens is 306 g/mol. The molecule has 0 fully saturated rings. The van der Waals surface area contributed by atoms with Gasteiger partial charge in [-0.25, -0.2) is 4.79 Å². The average molecular weight is 323 g/mol. The number of carboxylic acids is 1. The molecule has 0 aliphatic rings. The summed E-state index contributed by atoms with van der Waals surface area (Å²) < 4.78 is 0. The van der Waals surface area contributed by atoms with Gasteiger partial charge in [0.05, 0.1) is 11.4 Å². The first kappa shape index (κ1) is 15.7. The molecule has 0 bridgehead atoms. The lowest BCUT2D eigenvalue weighted by Crippen LogP contribution is -2.35. The van der Waals surface area contributed by atoms with Crippen molar-refractivity contribution in [1.82, 2.24) is 4.90 Å². The molecule has 0 unspecified atom stereocenters. The Hall–Kier alpha value is -1.66. The third-order valence-electron chi connectivity index (χ3n) is 3.03. The number of hydrogen-bond acceptors (Lipinski definition) is 4. The minimum Gasteiger partial charge on any atom is -0.477 e. The van der Waals surface area contributed by atoms with Crippen molar-refractivity contribution in [3.05, 3.63) is 43.8 Å². The summed E-state index contributed by atoms with van der Waals surface area (Å²) in [7, 11) is 0. The number of carbonyl (C=O) groups is 2. The molecule has 0 saturated carbocycles. The minimum atomic E-state index is -0.996. The maximum atomic E-state index is 12.6. The van der Waals surface area contributed by atoms with Gasteiger partial charge in [0.1, 0.15) is 4.88 Å². The van der Waals surface area contributed by atoms with E-state index in [2.05, 4.69) is 0 Å². The van der Waals surface area contributed by atoms with E-state index in [1.54, 1.807) is 22.3 Å². The monoisotopic (exact) mass is 323 g/mol. The number of rotatable bonds is 5. The van der Waals surface area contributed by atoms with Crippen LogP contribution in [0.1, 0.15) is 42.9 Å². The van der Waals surface area contributed by atoms with E-state index in [1.165, 1.54) is 10.9 Å². The van der Waals surface area contributed by atoms with E-state index >= 15 is 0 Å². The third kappa shape index (κ3) is 3.71. The molecule has 6 heteroatoms. The van der Waals surface area contributed by atoms with E-state index in [0.29, 0.717) is 11.4 Å². The van der Waals surface area contributed by atoms with Crippen molar-refractivity contribution in [2.75, 3.05) is 0 Å². The molecule has 21 heavy (non-hydrogen) atoms. The fourth-order valence-electron chi connectivity index (χ4n) is 1.94. The molecule has 0 atom stereocenters. The van der Waals surface area contributed by atoms with Gasteiger partial charge < -0.3 is 10.0 Å². The van der Waals surface area contributed by atoms with E-state index in [-0.39, 0.29) is 16.8 Å². The van der Waals surface area contributed by atoms with E-state index in [4.69, 9.17) is 5.11 Å². The zero-order valence-corrected chi connectivity index (χ0v) is 13.8. The largest absolute Gasteiger partial charge is 0.477 e. The molecule has 1 N–H and O–H groups in total. The maximum Gasteiger partial charge on any atom is 0.345 e. The zero-order chi connectivity index (χ0) is 15.6. The molecule has 0 saturated heterocycles. The highest BCUT2D eigenvalue weighted by Gasteiger charge is 2.22. The van der Waals surface area contributed by atoms with Crippen molar-refractivity contribution < 1.29 is 14.7 Å². The van der Waals surface area contributed by atoms with Crippen LogP contribution in [0.5, 0.6) is 0 Å². The molecule has 112 valence electrons. The predicted octanol–water partition coefficient (Wildman–Crippen LogP) is 3.87. The molecule has 2 aromatic heterocycles. The van der Waals surface area contributed by atoms with Crippen LogP contribution in [0.4, 0.5) is 0 Å². The van der Waals surface area contributed by atoms with Gasteiger partial charge in [0.15, 0.2) is 0 Å². The van der Waals surface area contributed by atoms with Crippen LogP contribution in [0.25, 0.3) is 0 Å². The summed E-state index contributed by atoms with van der Waals surface area (Å²) in [6.07, 6.45) is 0. The summed E-state index contributed by atoms with van der Waals surface area (Å²) in [5.41, 5.74) is 0. The first-order chi connectivity index (χ1) is 9.88. The molecule has 2 rings (SSSR count). The highest BCUT2D eigenvalue weighted by atomic mass is 32.1. The summed E-state index contributed by atoms with van der Waals surface area (Å²) in [6.45, 7) is 6.51. The quantitative estimate of drug-likeness (QED) is 0.909. The van der Waals surface area contributed by atoms with Gasteiger partial charge in [-0.1, -0.05) is 0 Å². The van der Waals surface area contributed by atoms with E-state index < -0.39 is 5.97 Å². The predicted molar refractivity (Wildman–Crippen MR) is 85.3 cm³/mol. The fraction of sp³-hybridized carbons (Fsp3) is 0.333. The van der Waals surface area contributed by atoms with Crippen LogP contribution >= 0.6 is 22.7 Å². The van der Waals surface area contributed by atoms with Gasteiger partial charge in [-0.2, -0.15) is 0 Å². The number of hydrogen-bond donors (Lipinski definition) is 1. The van der Waals surface area contributed by atoms with Gasteiger partial charge in [0, 0.05) is 15.8 Å². The summed E-state index contributed by atoms with van der Waals surface area (Å²) in [5, 5.41) is 8.95. The Morgan fingerprint density at radius 1 is 1.14 bits per heavy atom. The second-order valence-electron chi connectivity index (χ2n) is 5.01. The second-order valence-corrected chi connectivity index (χ2v) is 7.46. The van der Waals surface area contributed by atoms with Crippen molar-refractivity contribution in [3.8, 4) is 0 Å². The number of carboxylic acid groups (broad SMARTS) is 1. The van der Waals surface area contributed by atoms with Crippen molar-refractivity contribution in [2.45, 2.75) is 33.4 Å². The number of amides is 1. The van der Waals surface area contributed by atoms with E-state index in [9.17, 15) is 9.59 Å². The number of nitrogens with zero attached hydrogens (tertiary/aromatic N) is 1. The Balaban J connectivity index is 2.20. The Morgan fingerprint density at radius 3 is 2.29 bits per heavy atom. The topological polar surface area (TPSA) is 57.6 Å². The molecule has 0 spiro atoms. The Labute approximate surface area is 131 Å². The molecule has 0 aliphatic carbocycles. The number of aryl methyl sites for hydroxylation is 1. The molecule has 0 radical (unpaired) electrons. The zero-order valence-electron chi connectivity index (χ0n) is 12.1. The van der Waals surface area contributed by atoms with Crippen LogP contribution in [0.15, 0.2) is 24.3 Å². The summed E-state index contributed by atoms with van der Waals surface area (Å²) >= 11 is 2.69. The van der Waals surface area contributed by atoms with Gasteiger partial charge in [-0.3, -0.25) is 4.79 Å². The smallest absolute Gasteiger partial charge is 0.345 e. The normalized spacial score (nSPS) is 10.9. The van der Waals surface area contributed by atoms with Crippen LogP contribution in [-0.2, 0) is 6.54 Å². The first-order valence-corrected chi connectivity index (χ1v) is 8.21. The second kappa shape index (κ2) is 6.41. The van der Waals surface area contributed by atoms with Gasteiger partial charge in [-0.15, -0.1) is 22.7 Å². The maximum absolute atomic E-state index is 12.6. The Morgan fingerprint density at radius 2 is 1.81 bits per heavy atom. The van der Waals surface area contributed by atoms with Gasteiger partial charge >= 0.3 is 5.97 Å². The summed E-state index contributed by atoms with van der Waals surface area (Å²) in [5.74, 6) is -1.11. The molecule has 0 aliphatic heterocycles. The lowest BCUT2D eigenvalue weighted by Gasteiger charge is -2.25. The van der Waals surface area contributed by atoms with Gasteiger partial charge in [0.2, 0.25) is 0 Å². The van der Waals surface area contributed by atoms with Crippen molar-refractivity contribution >= 4 is 34.6 Å². The standard InChI is InChI=1S/C15H17NO3S2/c1-9(2)16(8-11-5-4-10(3)20-11)14(17)12-6-7-13(21-12)15(18)19/h4-7,9H,8H2,1-3H3,(H,18,19).